The fraction of sp³-hybridized carbons (Fsp3) is 0.250. The fourth-order valence-corrected chi connectivity index (χ4v) is 2.90. The second-order valence-corrected chi connectivity index (χ2v) is 5.49. The molecule has 3 heterocycles. The van der Waals surface area contributed by atoms with Gasteiger partial charge < -0.3 is 10.2 Å². The van der Waals surface area contributed by atoms with E-state index in [0.29, 0.717) is 18.8 Å². The van der Waals surface area contributed by atoms with E-state index in [1.165, 1.54) is 0 Å². The number of rotatable bonds is 2. The van der Waals surface area contributed by atoms with Gasteiger partial charge in [0.1, 0.15) is 5.69 Å². The Kier molecular flexibility index (Phi) is 3.47. The van der Waals surface area contributed by atoms with Gasteiger partial charge in [-0.3, -0.25) is 14.9 Å². The molecule has 0 bridgehead atoms. The molecule has 1 aliphatic rings. The first-order valence-corrected chi connectivity index (χ1v) is 7.55. The Bertz CT molecular complexity index is 831. The van der Waals surface area contributed by atoms with Crippen LogP contribution in [0.3, 0.4) is 0 Å². The van der Waals surface area contributed by atoms with Crippen molar-refractivity contribution in [2.75, 3.05) is 19.6 Å². The molecule has 1 aromatic carbocycles. The van der Waals surface area contributed by atoms with Crippen molar-refractivity contribution in [3.8, 4) is 0 Å². The third-order valence-electron chi connectivity index (χ3n) is 4.08. The van der Waals surface area contributed by atoms with Crippen LogP contribution in [0.2, 0.25) is 0 Å². The Balaban J connectivity index is 1.67. The van der Waals surface area contributed by atoms with E-state index in [9.17, 15) is 4.79 Å². The predicted octanol–water partition coefficient (Wildman–Crippen LogP) is 1.14. The molecule has 0 aliphatic carbocycles. The third-order valence-corrected chi connectivity index (χ3v) is 4.08. The van der Waals surface area contributed by atoms with Gasteiger partial charge in [-0.25, -0.2) is 4.98 Å². The zero-order valence-corrected chi connectivity index (χ0v) is 12.4. The third kappa shape index (κ3) is 2.55. The highest BCUT2D eigenvalue weighted by Gasteiger charge is 2.30. The molecule has 0 radical (unpaired) electrons. The van der Waals surface area contributed by atoms with E-state index in [-0.39, 0.29) is 11.9 Å². The minimum absolute atomic E-state index is 0.0525. The standard InChI is InChI=1S/C16H16N6O/c23-16(14-9-18-12-3-1-2-4-13(12)21-14)22-6-5-17-10-15(22)11-7-19-20-8-11/h1-4,7-9,15,17H,5-6,10H2,(H,19,20). The molecule has 1 fully saturated rings. The molecule has 3 aromatic rings. The quantitative estimate of drug-likeness (QED) is 0.741. The van der Waals surface area contributed by atoms with Gasteiger partial charge in [-0.05, 0) is 12.1 Å². The molecule has 1 aliphatic heterocycles. The van der Waals surface area contributed by atoms with Gasteiger partial charge >= 0.3 is 0 Å². The molecular formula is C16H16N6O. The maximum atomic E-state index is 12.9. The van der Waals surface area contributed by atoms with Crippen molar-refractivity contribution in [2.45, 2.75) is 6.04 Å². The molecule has 1 amide bonds. The predicted molar refractivity (Wildman–Crippen MR) is 84.8 cm³/mol. The van der Waals surface area contributed by atoms with Crippen molar-refractivity contribution >= 4 is 16.9 Å². The largest absolute Gasteiger partial charge is 0.328 e. The highest BCUT2D eigenvalue weighted by Crippen LogP contribution is 2.23. The monoisotopic (exact) mass is 308 g/mol. The molecule has 0 spiro atoms. The fourth-order valence-electron chi connectivity index (χ4n) is 2.90. The Hall–Kier alpha value is -2.80. The number of H-pyrrole nitrogens is 1. The lowest BCUT2D eigenvalue weighted by Gasteiger charge is -2.35. The first kappa shape index (κ1) is 13.8. The number of carbonyl (C=O) groups excluding carboxylic acids is 1. The van der Waals surface area contributed by atoms with Crippen LogP contribution in [0.25, 0.3) is 11.0 Å². The van der Waals surface area contributed by atoms with Crippen LogP contribution >= 0.6 is 0 Å². The number of para-hydroxylation sites is 2. The van der Waals surface area contributed by atoms with Crippen molar-refractivity contribution in [1.29, 1.82) is 0 Å². The Labute approximate surface area is 132 Å². The lowest BCUT2D eigenvalue weighted by molar-refractivity contribution is 0.0628. The van der Waals surface area contributed by atoms with Gasteiger partial charge in [0.05, 0.1) is 29.5 Å². The minimum Gasteiger partial charge on any atom is -0.328 e. The van der Waals surface area contributed by atoms with E-state index in [1.54, 1.807) is 12.4 Å². The lowest BCUT2D eigenvalue weighted by atomic mass is 10.1. The summed E-state index contributed by atoms with van der Waals surface area (Å²) in [5.41, 5.74) is 2.88. The van der Waals surface area contributed by atoms with Gasteiger partial charge in [-0.1, -0.05) is 12.1 Å². The van der Waals surface area contributed by atoms with E-state index in [4.69, 9.17) is 0 Å². The molecule has 2 N–H and O–H groups in total. The summed E-state index contributed by atoms with van der Waals surface area (Å²) >= 11 is 0. The van der Waals surface area contributed by atoms with E-state index in [2.05, 4.69) is 25.5 Å². The van der Waals surface area contributed by atoms with Crippen molar-refractivity contribution in [3.63, 3.8) is 0 Å². The normalized spacial score (nSPS) is 18.3. The number of benzene rings is 1. The molecule has 7 nitrogen and oxygen atoms in total. The van der Waals surface area contributed by atoms with Crippen LogP contribution in [0.4, 0.5) is 0 Å². The van der Waals surface area contributed by atoms with Gasteiger partial charge in [-0.2, -0.15) is 5.10 Å². The van der Waals surface area contributed by atoms with Gasteiger partial charge in [-0.15, -0.1) is 0 Å². The number of aromatic amines is 1. The Morgan fingerprint density at radius 1 is 1.22 bits per heavy atom. The van der Waals surface area contributed by atoms with Crippen molar-refractivity contribution in [1.82, 2.24) is 30.4 Å². The first-order valence-electron chi connectivity index (χ1n) is 7.55. The van der Waals surface area contributed by atoms with Gasteiger partial charge in [0, 0.05) is 31.4 Å². The molecule has 1 unspecified atom stereocenters. The zero-order chi connectivity index (χ0) is 15.6. The number of nitrogens with one attached hydrogen (secondary N) is 2. The maximum Gasteiger partial charge on any atom is 0.274 e. The van der Waals surface area contributed by atoms with Crippen molar-refractivity contribution in [2.24, 2.45) is 0 Å². The number of amides is 1. The topological polar surface area (TPSA) is 86.8 Å². The van der Waals surface area contributed by atoms with Crippen LogP contribution in [0.5, 0.6) is 0 Å². The summed E-state index contributed by atoms with van der Waals surface area (Å²) in [6.07, 6.45) is 5.13. The van der Waals surface area contributed by atoms with Crippen LogP contribution in [0.1, 0.15) is 22.1 Å². The number of aromatic nitrogens is 4. The Morgan fingerprint density at radius 2 is 2.09 bits per heavy atom. The van der Waals surface area contributed by atoms with Crippen molar-refractivity contribution in [3.05, 3.63) is 54.1 Å². The second-order valence-electron chi connectivity index (χ2n) is 5.49. The molecule has 0 saturated carbocycles. The van der Waals surface area contributed by atoms with Gasteiger partial charge in [0.25, 0.3) is 5.91 Å². The molecule has 7 heteroatoms. The van der Waals surface area contributed by atoms with E-state index < -0.39 is 0 Å². The van der Waals surface area contributed by atoms with E-state index >= 15 is 0 Å². The molecule has 23 heavy (non-hydrogen) atoms. The summed E-state index contributed by atoms with van der Waals surface area (Å²) in [6.45, 7) is 2.09. The summed E-state index contributed by atoms with van der Waals surface area (Å²) < 4.78 is 0. The summed E-state index contributed by atoms with van der Waals surface area (Å²) in [6, 6.07) is 7.50. The molecular weight excluding hydrogens is 292 g/mol. The number of carbonyl (C=O) groups is 1. The zero-order valence-electron chi connectivity index (χ0n) is 12.4. The van der Waals surface area contributed by atoms with Crippen LogP contribution in [0, 0.1) is 0 Å². The molecule has 1 atom stereocenters. The van der Waals surface area contributed by atoms with Gasteiger partial charge in [0.2, 0.25) is 0 Å². The minimum atomic E-state index is -0.101. The molecule has 4 rings (SSSR count). The second kappa shape index (κ2) is 5.77. The highest BCUT2D eigenvalue weighted by molar-refractivity contribution is 5.94. The lowest BCUT2D eigenvalue weighted by Crippen LogP contribution is -2.48. The molecule has 116 valence electrons. The molecule has 1 saturated heterocycles. The van der Waals surface area contributed by atoms with E-state index in [0.717, 1.165) is 23.1 Å². The SMILES string of the molecule is O=C(c1cnc2ccccc2n1)N1CCNCC1c1cn[nH]c1. The highest BCUT2D eigenvalue weighted by atomic mass is 16.2. The summed E-state index contributed by atoms with van der Waals surface area (Å²) in [7, 11) is 0. The summed E-state index contributed by atoms with van der Waals surface area (Å²) in [5.74, 6) is -0.101. The Morgan fingerprint density at radius 3 is 2.91 bits per heavy atom. The van der Waals surface area contributed by atoms with Gasteiger partial charge in [0.15, 0.2) is 0 Å². The summed E-state index contributed by atoms with van der Waals surface area (Å²) in [5, 5.41) is 10.1. The first-order chi connectivity index (χ1) is 11.3. The van der Waals surface area contributed by atoms with E-state index in [1.807, 2.05) is 35.4 Å². The van der Waals surface area contributed by atoms with Crippen LogP contribution in [-0.4, -0.2) is 50.6 Å². The number of nitrogens with zero attached hydrogens (tertiary/aromatic N) is 4. The van der Waals surface area contributed by atoms with Crippen molar-refractivity contribution < 1.29 is 4.79 Å². The summed E-state index contributed by atoms with van der Waals surface area (Å²) in [4.78, 5) is 23.6. The molecule has 2 aromatic heterocycles. The maximum absolute atomic E-state index is 12.9. The average molecular weight is 308 g/mol. The average Bonchev–Trinajstić information content (AvgIpc) is 3.15. The number of fused-ring (bicyclic) bond motifs is 1. The number of piperazine rings is 1. The smallest absolute Gasteiger partial charge is 0.274 e. The van der Waals surface area contributed by atoms with Crippen LogP contribution in [-0.2, 0) is 0 Å². The number of hydrogen-bond donors (Lipinski definition) is 2. The van der Waals surface area contributed by atoms with Crippen LogP contribution in [0.15, 0.2) is 42.9 Å². The van der Waals surface area contributed by atoms with Crippen LogP contribution < -0.4 is 5.32 Å². The number of hydrogen-bond acceptors (Lipinski definition) is 5.